The van der Waals surface area contributed by atoms with E-state index in [2.05, 4.69) is 54.1 Å². The van der Waals surface area contributed by atoms with Gasteiger partial charge in [-0.3, -0.25) is 0 Å². The van der Waals surface area contributed by atoms with Crippen molar-refractivity contribution in [3.8, 4) is 0 Å². The van der Waals surface area contributed by atoms with Crippen LogP contribution in [0.4, 0.5) is 5.69 Å². The molecule has 0 aliphatic heterocycles. The number of hydrogen-bond acceptors (Lipinski definition) is 3. The van der Waals surface area contributed by atoms with Gasteiger partial charge in [0.15, 0.2) is 0 Å². The molecule has 0 radical (unpaired) electrons. The van der Waals surface area contributed by atoms with Gasteiger partial charge in [-0.05, 0) is 54.1 Å². The Morgan fingerprint density at radius 3 is 2.47 bits per heavy atom. The van der Waals surface area contributed by atoms with Crippen molar-refractivity contribution in [2.45, 2.75) is 19.9 Å². The van der Waals surface area contributed by atoms with Crippen molar-refractivity contribution in [1.29, 1.82) is 0 Å². The van der Waals surface area contributed by atoms with E-state index in [1.54, 1.807) is 0 Å². The van der Waals surface area contributed by atoms with Crippen molar-refractivity contribution in [2.75, 3.05) is 26.0 Å². The lowest BCUT2D eigenvalue weighted by atomic mass is 10.0. The zero-order chi connectivity index (χ0) is 14.6. The van der Waals surface area contributed by atoms with E-state index < -0.39 is 0 Å². The van der Waals surface area contributed by atoms with Gasteiger partial charge in [-0.25, -0.2) is 0 Å². The van der Waals surface area contributed by atoms with Crippen LogP contribution >= 0.6 is 28.1 Å². The van der Waals surface area contributed by atoms with E-state index >= 15 is 0 Å². The molecule has 3 N–H and O–H groups in total. The highest BCUT2D eigenvalue weighted by molar-refractivity contribution is 9.10. The van der Waals surface area contributed by atoms with Gasteiger partial charge in [0, 0.05) is 28.3 Å². The summed E-state index contributed by atoms with van der Waals surface area (Å²) in [6.45, 7) is 5.44. The minimum atomic E-state index is 0.401. The predicted octanol–water partition coefficient (Wildman–Crippen LogP) is 3.08. The lowest BCUT2D eigenvalue weighted by Crippen LogP contribution is -2.36. The molecule has 0 amide bonds. The van der Waals surface area contributed by atoms with E-state index in [-0.39, 0.29) is 0 Å². The van der Waals surface area contributed by atoms with Crippen molar-refractivity contribution in [2.24, 2.45) is 11.7 Å². The third-order valence-electron chi connectivity index (χ3n) is 2.95. The van der Waals surface area contributed by atoms with Crippen LogP contribution in [0.2, 0.25) is 0 Å². The number of anilines is 1. The summed E-state index contributed by atoms with van der Waals surface area (Å²) in [7, 11) is 4.17. The van der Waals surface area contributed by atoms with Crippen LogP contribution in [-0.4, -0.2) is 36.6 Å². The van der Waals surface area contributed by atoms with Gasteiger partial charge in [0.1, 0.15) is 4.99 Å². The quantitative estimate of drug-likeness (QED) is 0.779. The second kappa shape index (κ2) is 7.22. The Hall–Kier alpha value is -0.650. The molecule has 1 aromatic rings. The summed E-state index contributed by atoms with van der Waals surface area (Å²) in [5.74, 6) is 0.552. The Kier molecular flexibility index (Phi) is 6.23. The monoisotopic (exact) mass is 343 g/mol. The van der Waals surface area contributed by atoms with E-state index in [4.69, 9.17) is 18.0 Å². The van der Waals surface area contributed by atoms with Gasteiger partial charge in [-0.1, -0.05) is 26.1 Å². The third-order valence-corrected chi connectivity index (χ3v) is 3.83. The average molecular weight is 344 g/mol. The van der Waals surface area contributed by atoms with Crippen LogP contribution in [0.25, 0.3) is 0 Å². The van der Waals surface area contributed by atoms with Gasteiger partial charge < -0.3 is 16.0 Å². The fraction of sp³-hybridized carbons (Fsp3) is 0.500. The maximum Gasteiger partial charge on any atom is 0.105 e. The maximum atomic E-state index is 5.65. The Morgan fingerprint density at radius 1 is 1.42 bits per heavy atom. The maximum absolute atomic E-state index is 5.65. The summed E-state index contributed by atoms with van der Waals surface area (Å²) >= 11 is 8.51. The molecule has 1 aromatic carbocycles. The predicted molar refractivity (Wildman–Crippen MR) is 90.8 cm³/mol. The topological polar surface area (TPSA) is 41.3 Å². The molecular weight excluding hydrogens is 322 g/mol. The zero-order valence-corrected chi connectivity index (χ0v) is 14.3. The fourth-order valence-corrected chi connectivity index (χ4v) is 2.74. The molecule has 0 bridgehead atoms. The van der Waals surface area contributed by atoms with Gasteiger partial charge in [-0.2, -0.15) is 0 Å². The molecule has 19 heavy (non-hydrogen) atoms. The number of rotatable bonds is 6. The first-order valence-corrected chi connectivity index (χ1v) is 7.52. The van der Waals surface area contributed by atoms with Gasteiger partial charge in [0.2, 0.25) is 0 Å². The normalized spacial score (nSPS) is 12.8. The first-order valence-electron chi connectivity index (χ1n) is 6.32. The number of halogens is 1. The van der Waals surface area contributed by atoms with Gasteiger partial charge in [0.05, 0.1) is 0 Å². The molecule has 1 atom stereocenters. The molecule has 0 fully saturated rings. The fourth-order valence-electron chi connectivity index (χ4n) is 1.84. The lowest BCUT2D eigenvalue weighted by molar-refractivity contribution is 0.344. The van der Waals surface area contributed by atoms with Crippen LogP contribution in [0.5, 0.6) is 0 Å². The number of hydrogen-bond donors (Lipinski definition) is 2. The number of likely N-dealkylation sites (N-methyl/N-ethyl adjacent to an activating group) is 1. The van der Waals surface area contributed by atoms with Crippen LogP contribution in [0.15, 0.2) is 22.7 Å². The molecule has 0 aliphatic carbocycles. The summed E-state index contributed by atoms with van der Waals surface area (Å²) in [6.07, 6.45) is 0. The van der Waals surface area contributed by atoms with Crippen LogP contribution in [0.3, 0.4) is 0 Å². The molecule has 0 saturated carbocycles. The average Bonchev–Trinajstić information content (AvgIpc) is 2.26. The standard InChI is InChI=1S/C14H22BrN3S/c1-9(2)13(8-18(3)4)17-10-5-6-11(14(16)19)12(15)7-10/h5-7,9,13,17H,8H2,1-4H3,(H2,16,19). The van der Waals surface area contributed by atoms with E-state index in [1.165, 1.54) is 0 Å². The lowest BCUT2D eigenvalue weighted by Gasteiger charge is -2.27. The Morgan fingerprint density at radius 2 is 2.05 bits per heavy atom. The van der Waals surface area contributed by atoms with Gasteiger partial charge in [0.25, 0.3) is 0 Å². The number of thiocarbonyl (C=S) groups is 1. The third kappa shape index (κ3) is 5.09. The van der Waals surface area contributed by atoms with Crippen molar-refractivity contribution in [3.63, 3.8) is 0 Å². The van der Waals surface area contributed by atoms with E-state index in [0.29, 0.717) is 16.9 Å². The van der Waals surface area contributed by atoms with Crippen LogP contribution in [0, 0.1) is 5.92 Å². The summed E-state index contributed by atoms with van der Waals surface area (Å²) in [5, 5.41) is 3.56. The number of nitrogens with two attached hydrogens (primary N) is 1. The first kappa shape index (κ1) is 16.4. The Balaban J connectivity index is 2.85. The van der Waals surface area contributed by atoms with Gasteiger partial charge >= 0.3 is 0 Å². The number of benzene rings is 1. The van der Waals surface area contributed by atoms with Crippen LogP contribution < -0.4 is 11.1 Å². The highest BCUT2D eigenvalue weighted by Gasteiger charge is 2.14. The van der Waals surface area contributed by atoms with Crippen LogP contribution in [0.1, 0.15) is 19.4 Å². The molecule has 1 rings (SSSR count). The molecule has 0 heterocycles. The van der Waals surface area contributed by atoms with E-state index in [9.17, 15) is 0 Å². The summed E-state index contributed by atoms with van der Waals surface area (Å²) in [6, 6.07) is 6.39. The van der Waals surface area contributed by atoms with Crippen molar-refractivity contribution in [1.82, 2.24) is 4.90 Å². The number of nitrogens with one attached hydrogen (secondary N) is 1. The Bertz CT molecular complexity index is 446. The molecule has 0 aliphatic rings. The van der Waals surface area contributed by atoms with E-state index in [0.717, 1.165) is 22.3 Å². The van der Waals surface area contributed by atoms with Crippen molar-refractivity contribution in [3.05, 3.63) is 28.2 Å². The number of nitrogens with zero attached hydrogens (tertiary/aromatic N) is 1. The summed E-state index contributed by atoms with van der Waals surface area (Å²) in [5.41, 5.74) is 7.60. The highest BCUT2D eigenvalue weighted by Crippen LogP contribution is 2.23. The minimum absolute atomic E-state index is 0.401. The SMILES string of the molecule is CC(C)C(CN(C)C)Nc1ccc(C(N)=S)c(Br)c1. The molecule has 1 unspecified atom stereocenters. The minimum Gasteiger partial charge on any atom is -0.389 e. The molecular formula is C14H22BrN3S. The van der Waals surface area contributed by atoms with E-state index in [1.807, 2.05) is 18.2 Å². The van der Waals surface area contributed by atoms with Crippen LogP contribution in [-0.2, 0) is 0 Å². The smallest absolute Gasteiger partial charge is 0.105 e. The molecule has 0 spiro atoms. The second-order valence-electron chi connectivity index (χ2n) is 5.32. The molecule has 5 heteroatoms. The largest absolute Gasteiger partial charge is 0.389 e. The zero-order valence-electron chi connectivity index (χ0n) is 11.9. The Labute approximate surface area is 129 Å². The molecule has 0 saturated heterocycles. The molecule has 106 valence electrons. The summed E-state index contributed by atoms with van der Waals surface area (Å²) in [4.78, 5) is 2.60. The first-order chi connectivity index (χ1) is 8.81. The second-order valence-corrected chi connectivity index (χ2v) is 6.61. The van der Waals surface area contributed by atoms with Crippen molar-refractivity contribution >= 4 is 38.8 Å². The van der Waals surface area contributed by atoms with Crippen molar-refractivity contribution < 1.29 is 0 Å². The summed E-state index contributed by atoms with van der Waals surface area (Å²) < 4.78 is 0.928. The van der Waals surface area contributed by atoms with Gasteiger partial charge in [-0.15, -0.1) is 0 Å². The molecule has 3 nitrogen and oxygen atoms in total. The highest BCUT2D eigenvalue weighted by atomic mass is 79.9. The molecule has 0 aromatic heterocycles.